The molecule has 1 aliphatic rings. The number of unbranched alkanes of at least 4 members (excludes halogenated alkanes) is 1. The van der Waals surface area contributed by atoms with Crippen LogP contribution in [0.1, 0.15) is 31.0 Å². The fourth-order valence-corrected chi connectivity index (χ4v) is 2.12. The third kappa shape index (κ3) is 2.72. The molecule has 0 atom stereocenters. The summed E-state index contributed by atoms with van der Waals surface area (Å²) in [6.45, 7) is 3.85. The van der Waals surface area contributed by atoms with Crippen LogP contribution in [-0.2, 0) is 13.0 Å². The molecule has 1 aromatic heterocycles. The van der Waals surface area contributed by atoms with Crippen molar-refractivity contribution in [2.75, 3.05) is 13.1 Å². The normalized spacial score (nSPS) is 14.2. The number of nitrogens with zero attached hydrogens (tertiary/aromatic N) is 1. The molecule has 0 saturated heterocycles. The quantitative estimate of drug-likeness (QED) is 0.792. The minimum absolute atomic E-state index is 0.00908. The second-order valence-electron chi connectivity index (χ2n) is 4.56. The molecule has 2 amide bonds. The van der Waals surface area contributed by atoms with Crippen LogP contribution < -0.4 is 10.7 Å². The van der Waals surface area contributed by atoms with E-state index in [2.05, 4.69) is 17.2 Å². The molecule has 5 nitrogen and oxygen atoms in total. The number of rotatable bonds is 3. The van der Waals surface area contributed by atoms with Gasteiger partial charge in [-0.1, -0.05) is 13.3 Å². The zero-order valence-electron chi connectivity index (χ0n) is 10.7. The average molecular weight is 249 g/mol. The van der Waals surface area contributed by atoms with Crippen LogP contribution in [0.4, 0.5) is 4.79 Å². The summed E-state index contributed by atoms with van der Waals surface area (Å²) in [7, 11) is 0. The standard InChI is InChI=1S/C13H19N3O2/c1-2-3-6-15-13(18)16-8-5-11-10(9-16)12(17)4-7-14-11/h4,7H,2-3,5-6,8-9H2,1H3,(H,14,17)(H,15,18). The van der Waals surface area contributed by atoms with Crippen LogP contribution in [0.2, 0.25) is 0 Å². The van der Waals surface area contributed by atoms with E-state index in [1.54, 1.807) is 11.1 Å². The van der Waals surface area contributed by atoms with Crippen LogP contribution >= 0.6 is 0 Å². The van der Waals surface area contributed by atoms with E-state index >= 15 is 0 Å². The van der Waals surface area contributed by atoms with E-state index in [9.17, 15) is 9.59 Å². The Morgan fingerprint density at radius 1 is 1.56 bits per heavy atom. The lowest BCUT2D eigenvalue weighted by molar-refractivity contribution is 0.191. The van der Waals surface area contributed by atoms with Gasteiger partial charge in [0, 0.05) is 43.0 Å². The Bertz CT molecular complexity index is 481. The summed E-state index contributed by atoms with van der Waals surface area (Å²) in [6, 6.07) is 1.44. The zero-order chi connectivity index (χ0) is 13.0. The second kappa shape index (κ2) is 5.71. The van der Waals surface area contributed by atoms with Gasteiger partial charge < -0.3 is 15.2 Å². The van der Waals surface area contributed by atoms with Crippen molar-refractivity contribution < 1.29 is 4.79 Å². The number of nitrogens with one attached hydrogen (secondary N) is 2. The summed E-state index contributed by atoms with van der Waals surface area (Å²) in [4.78, 5) is 28.4. The zero-order valence-corrected chi connectivity index (χ0v) is 10.7. The smallest absolute Gasteiger partial charge is 0.317 e. The molecule has 0 saturated carbocycles. The predicted octanol–water partition coefficient (Wildman–Crippen LogP) is 1.24. The van der Waals surface area contributed by atoms with Crippen LogP contribution in [0.25, 0.3) is 0 Å². The minimum atomic E-state index is -0.0719. The van der Waals surface area contributed by atoms with Gasteiger partial charge in [-0.15, -0.1) is 0 Å². The van der Waals surface area contributed by atoms with Crippen molar-refractivity contribution in [3.05, 3.63) is 33.7 Å². The molecule has 0 unspecified atom stereocenters. The van der Waals surface area contributed by atoms with Crippen molar-refractivity contribution in [2.45, 2.75) is 32.7 Å². The third-order valence-corrected chi connectivity index (χ3v) is 3.23. The van der Waals surface area contributed by atoms with Crippen LogP contribution in [0.3, 0.4) is 0 Å². The Morgan fingerprint density at radius 3 is 3.17 bits per heavy atom. The van der Waals surface area contributed by atoms with Gasteiger partial charge in [0.05, 0.1) is 6.54 Å². The van der Waals surface area contributed by atoms with Crippen molar-refractivity contribution in [1.82, 2.24) is 15.2 Å². The maximum absolute atomic E-state index is 11.9. The molecule has 0 aromatic carbocycles. The number of hydrogen-bond acceptors (Lipinski definition) is 2. The second-order valence-corrected chi connectivity index (χ2v) is 4.56. The number of fused-ring (bicyclic) bond motifs is 1. The Hall–Kier alpha value is -1.78. The monoisotopic (exact) mass is 249 g/mol. The van der Waals surface area contributed by atoms with Crippen molar-refractivity contribution in [1.29, 1.82) is 0 Å². The van der Waals surface area contributed by atoms with Gasteiger partial charge in [0.25, 0.3) is 0 Å². The number of aromatic nitrogens is 1. The molecule has 2 rings (SSSR count). The molecule has 0 aliphatic carbocycles. The maximum Gasteiger partial charge on any atom is 0.317 e. The number of urea groups is 1. The topological polar surface area (TPSA) is 65.2 Å². The molecular weight excluding hydrogens is 230 g/mol. The highest BCUT2D eigenvalue weighted by Gasteiger charge is 2.22. The van der Waals surface area contributed by atoms with E-state index in [1.165, 1.54) is 6.07 Å². The summed E-state index contributed by atoms with van der Waals surface area (Å²) < 4.78 is 0. The minimum Gasteiger partial charge on any atom is -0.364 e. The first kappa shape index (κ1) is 12.7. The van der Waals surface area contributed by atoms with Gasteiger partial charge in [0.2, 0.25) is 0 Å². The van der Waals surface area contributed by atoms with Crippen molar-refractivity contribution in [3.63, 3.8) is 0 Å². The molecule has 0 fully saturated rings. The van der Waals surface area contributed by atoms with Gasteiger partial charge in [0.15, 0.2) is 5.43 Å². The van der Waals surface area contributed by atoms with Gasteiger partial charge in [0.1, 0.15) is 0 Å². The number of aromatic amines is 1. The summed E-state index contributed by atoms with van der Waals surface area (Å²) in [6.07, 6.45) is 4.42. The lowest BCUT2D eigenvalue weighted by atomic mass is 10.1. The van der Waals surface area contributed by atoms with E-state index < -0.39 is 0 Å². The largest absolute Gasteiger partial charge is 0.364 e. The highest BCUT2D eigenvalue weighted by atomic mass is 16.2. The lowest BCUT2D eigenvalue weighted by Gasteiger charge is -2.28. The van der Waals surface area contributed by atoms with Gasteiger partial charge in [-0.2, -0.15) is 0 Å². The molecular formula is C13H19N3O2. The van der Waals surface area contributed by atoms with Gasteiger partial charge in [-0.25, -0.2) is 4.79 Å². The summed E-state index contributed by atoms with van der Waals surface area (Å²) in [5.41, 5.74) is 1.68. The first-order valence-electron chi connectivity index (χ1n) is 6.44. The van der Waals surface area contributed by atoms with E-state index in [-0.39, 0.29) is 11.5 Å². The molecule has 2 N–H and O–H groups in total. The number of amides is 2. The maximum atomic E-state index is 11.9. The average Bonchev–Trinajstić information content (AvgIpc) is 2.39. The van der Waals surface area contributed by atoms with E-state index in [4.69, 9.17) is 0 Å². The van der Waals surface area contributed by atoms with Crippen molar-refractivity contribution in [2.24, 2.45) is 0 Å². The Morgan fingerprint density at radius 2 is 2.39 bits per heavy atom. The Labute approximate surface area is 106 Å². The molecule has 0 bridgehead atoms. The highest BCUT2D eigenvalue weighted by molar-refractivity contribution is 5.74. The first-order chi connectivity index (χ1) is 8.72. The molecule has 1 aliphatic heterocycles. The lowest BCUT2D eigenvalue weighted by Crippen LogP contribution is -2.44. The van der Waals surface area contributed by atoms with E-state index in [0.717, 1.165) is 24.1 Å². The van der Waals surface area contributed by atoms with E-state index in [1.807, 2.05) is 0 Å². The third-order valence-electron chi connectivity index (χ3n) is 3.23. The molecule has 2 heterocycles. The molecule has 98 valence electrons. The molecule has 5 heteroatoms. The van der Waals surface area contributed by atoms with Crippen LogP contribution in [0.5, 0.6) is 0 Å². The Kier molecular flexibility index (Phi) is 4.02. The van der Waals surface area contributed by atoms with Gasteiger partial charge in [-0.05, 0) is 6.42 Å². The summed E-state index contributed by atoms with van der Waals surface area (Å²) in [5.74, 6) is 0. The summed E-state index contributed by atoms with van der Waals surface area (Å²) >= 11 is 0. The molecule has 1 aromatic rings. The Balaban J connectivity index is 2.01. The van der Waals surface area contributed by atoms with E-state index in [0.29, 0.717) is 26.1 Å². The van der Waals surface area contributed by atoms with Crippen LogP contribution in [-0.4, -0.2) is 29.0 Å². The van der Waals surface area contributed by atoms with Gasteiger partial charge in [-0.3, -0.25) is 4.79 Å². The highest BCUT2D eigenvalue weighted by Crippen LogP contribution is 2.13. The number of carbonyl (C=O) groups excluding carboxylic acids is 1. The predicted molar refractivity (Wildman–Crippen MR) is 69.5 cm³/mol. The number of pyridine rings is 1. The molecule has 0 spiro atoms. The SMILES string of the molecule is CCCCNC(=O)N1CCc2[nH]ccc(=O)c2C1. The molecule has 0 radical (unpaired) electrons. The number of hydrogen-bond donors (Lipinski definition) is 2. The van der Waals surface area contributed by atoms with Gasteiger partial charge >= 0.3 is 6.03 Å². The van der Waals surface area contributed by atoms with Crippen LogP contribution in [0.15, 0.2) is 17.1 Å². The van der Waals surface area contributed by atoms with Crippen molar-refractivity contribution in [3.8, 4) is 0 Å². The number of H-pyrrole nitrogens is 1. The van der Waals surface area contributed by atoms with Crippen molar-refractivity contribution >= 4 is 6.03 Å². The fraction of sp³-hybridized carbons (Fsp3) is 0.538. The summed E-state index contributed by atoms with van der Waals surface area (Å²) in [5, 5.41) is 2.88. The fourth-order valence-electron chi connectivity index (χ4n) is 2.12. The van der Waals surface area contributed by atoms with Crippen LogP contribution in [0, 0.1) is 0 Å². The number of carbonyl (C=O) groups is 1. The molecule has 18 heavy (non-hydrogen) atoms. The first-order valence-corrected chi connectivity index (χ1v) is 6.44.